The van der Waals surface area contributed by atoms with Gasteiger partial charge in [-0.3, -0.25) is 4.79 Å². The van der Waals surface area contributed by atoms with Gasteiger partial charge in [0.1, 0.15) is 0 Å². The second kappa shape index (κ2) is 2.57. The van der Waals surface area contributed by atoms with Crippen LogP contribution in [0.25, 0.3) is 0 Å². The minimum absolute atomic E-state index is 0.113. The Hall–Kier alpha value is -1.84. The quantitative estimate of drug-likeness (QED) is 0.567. The number of ketones is 1. The van der Waals surface area contributed by atoms with Crippen LogP contribution in [0.4, 0.5) is 0 Å². The van der Waals surface area contributed by atoms with Crippen LogP contribution in [-0.2, 0) is 4.79 Å². The zero-order chi connectivity index (χ0) is 9.54. The average Bonchev–Trinajstić information content (AvgIpc) is 2.62. The van der Waals surface area contributed by atoms with Crippen molar-refractivity contribution in [2.75, 3.05) is 0 Å². The first kappa shape index (κ1) is 7.55. The third-order valence-electron chi connectivity index (χ3n) is 2.54. The number of nitrogens with zero attached hydrogens (tertiary/aromatic N) is 3. The molecule has 68 valence electrons. The number of aliphatic imine (C=N–C) groups is 1. The molecule has 0 bridgehead atoms. The maximum atomic E-state index is 11.5. The minimum atomic E-state index is -0.113. The lowest BCUT2D eigenvalue weighted by molar-refractivity contribution is -0.117. The predicted molar refractivity (Wildman–Crippen MR) is 50.7 cm³/mol. The number of amidine groups is 1. The molecular formula is C10H7N3O. The molecular weight excluding hydrogens is 178 g/mol. The Balaban J connectivity index is 2.11. The van der Waals surface area contributed by atoms with Crippen molar-refractivity contribution in [2.45, 2.75) is 6.42 Å². The molecule has 2 heterocycles. The summed E-state index contributed by atoms with van der Waals surface area (Å²) in [6.07, 6.45) is 7.56. The Kier molecular flexibility index (Phi) is 1.39. The van der Waals surface area contributed by atoms with Gasteiger partial charge >= 0.3 is 0 Å². The fourth-order valence-corrected chi connectivity index (χ4v) is 1.80. The molecule has 0 fully saturated rings. The Morgan fingerprint density at radius 1 is 1.43 bits per heavy atom. The summed E-state index contributed by atoms with van der Waals surface area (Å²) >= 11 is 0. The van der Waals surface area contributed by atoms with Gasteiger partial charge in [0.05, 0.1) is 17.8 Å². The summed E-state index contributed by atoms with van der Waals surface area (Å²) in [5.41, 5.74) is 1.78. The van der Waals surface area contributed by atoms with Gasteiger partial charge in [-0.1, -0.05) is 6.08 Å². The first-order valence-electron chi connectivity index (χ1n) is 4.45. The number of carbonyl (C=O) groups is 1. The van der Waals surface area contributed by atoms with Gasteiger partial charge in [0.25, 0.3) is 0 Å². The van der Waals surface area contributed by atoms with Gasteiger partial charge in [-0.05, 0) is 18.6 Å². The highest BCUT2D eigenvalue weighted by molar-refractivity contribution is 6.05. The lowest BCUT2D eigenvalue weighted by Gasteiger charge is -2.21. The van der Waals surface area contributed by atoms with Crippen molar-refractivity contribution in [3.05, 3.63) is 35.7 Å². The second-order valence-corrected chi connectivity index (χ2v) is 3.41. The molecule has 14 heavy (non-hydrogen) atoms. The van der Waals surface area contributed by atoms with E-state index in [4.69, 9.17) is 0 Å². The van der Waals surface area contributed by atoms with Gasteiger partial charge in [0.2, 0.25) is 0 Å². The molecule has 0 radical (unpaired) electrons. The van der Waals surface area contributed by atoms with Crippen LogP contribution in [-0.4, -0.2) is 11.6 Å². The zero-order valence-corrected chi connectivity index (χ0v) is 7.34. The molecule has 1 unspecified atom stereocenters. The van der Waals surface area contributed by atoms with Crippen LogP contribution in [0, 0.1) is 5.92 Å². The highest BCUT2D eigenvalue weighted by Crippen LogP contribution is 2.33. The van der Waals surface area contributed by atoms with Crippen LogP contribution in [0.5, 0.6) is 0 Å². The second-order valence-electron chi connectivity index (χ2n) is 3.41. The number of allylic oxidation sites excluding steroid dienone is 4. The molecule has 0 amide bonds. The Morgan fingerprint density at radius 3 is 3.29 bits per heavy atom. The van der Waals surface area contributed by atoms with Gasteiger partial charge in [-0.15, -0.1) is 5.11 Å². The fraction of sp³-hybridized carbons (Fsp3) is 0.200. The van der Waals surface area contributed by atoms with E-state index in [0.29, 0.717) is 12.3 Å². The van der Waals surface area contributed by atoms with Gasteiger partial charge in [-0.2, -0.15) is 5.11 Å². The number of rotatable bonds is 0. The van der Waals surface area contributed by atoms with E-state index in [0.717, 1.165) is 11.3 Å². The number of hydrogen-bond donors (Lipinski definition) is 0. The molecule has 3 aliphatic rings. The molecule has 0 N–H and O–H groups in total. The maximum absolute atomic E-state index is 11.5. The number of fused-ring (bicyclic) bond motifs is 2. The summed E-state index contributed by atoms with van der Waals surface area (Å²) in [7, 11) is 0. The van der Waals surface area contributed by atoms with Crippen molar-refractivity contribution < 1.29 is 4.79 Å². The third-order valence-corrected chi connectivity index (χ3v) is 2.54. The summed E-state index contributed by atoms with van der Waals surface area (Å²) in [4.78, 5) is 15.8. The summed E-state index contributed by atoms with van der Waals surface area (Å²) < 4.78 is 0. The van der Waals surface area contributed by atoms with Crippen LogP contribution in [0.1, 0.15) is 6.42 Å². The van der Waals surface area contributed by atoms with E-state index in [1.54, 1.807) is 18.4 Å². The van der Waals surface area contributed by atoms with Crippen LogP contribution < -0.4 is 0 Å². The SMILES string of the molecule is O=C1C=CC=C2N=C3N=NC=C3CC12. The first-order chi connectivity index (χ1) is 6.84. The van der Waals surface area contributed by atoms with Crippen LogP contribution >= 0.6 is 0 Å². The topological polar surface area (TPSA) is 54.1 Å². The highest BCUT2D eigenvalue weighted by atomic mass is 16.1. The molecule has 0 saturated heterocycles. The number of hydrogen-bond acceptors (Lipinski definition) is 4. The molecule has 4 nitrogen and oxygen atoms in total. The summed E-state index contributed by atoms with van der Waals surface area (Å²) in [6, 6.07) is 0. The smallest absolute Gasteiger partial charge is 0.179 e. The number of carbonyl (C=O) groups excluding carboxylic acids is 1. The van der Waals surface area contributed by atoms with Gasteiger partial charge < -0.3 is 0 Å². The monoisotopic (exact) mass is 185 g/mol. The summed E-state index contributed by atoms with van der Waals surface area (Å²) in [6.45, 7) is 0. The van der Waals surface area contributed by atoms with Gasteiger partial charge in [-0.25, -0.2) is 4.99 Å². The van der Waals surface area contributed by atoms with Crippen molar-refractivity contribution in [3.8, 4) is 0 Å². The van der Waals surface area contributed by atoms with Crippen molar-refractivity contribution >= 4 is 11.6 Å². The van der Waals surface area contributed by atoms with Crippen LogP contribution in [0.15, 0.2) is 50.9 Å². The molecule has 4 heteroatoms. The summed E-state index contributed by atoms with van der Waals surface area (Å²) in [5.74, 6) is 0.673. The van der Waals surface area contributed by atoms with E-state index in [1.165, 1.54) is 0 Å². The van der Waals surface area contributed by atoms with E-state index in [1.807, 2.05) is 6.08 Å². The summed E-state index contributed by atoms with van der Waals surface area (Å²) in [5, 5.41) is 7.66. The molecule has 1 aliphatic carbocycles. The molecule has 0 aromatic heterocycles. The van der Waals surface area contributed by atoms with Crippen molar-refractivity contribution in [3.63, 3.8) is 0 Å². The molecule has 1 atom stereocenters. The van der Waals surface area contributed by atoms with Crippen LogP contribution in [0.2, 0.25) is 0 Å². The maximum Gasteiger partial charge on any atom is 0.179 e. The molecule has 0 spiro atoms. The minimum Gasteiger partial charge on any atom is -0.294 e. The van der Waals surface area contributed by atoms with E-state index >= 15 is 0 Å². The van der Waals surface area contributed by atoms with Crippen molar-refractivity contribution in [2.24, 2.45) is 21.1 Å². The zero-order valence-electron chi connectivity index (χ0n) is 7.34. The van der Waals surface area contributed by atoms with Crippen molar-refractivity contribution in [1.29, 1.82) is 0 Å². The molecule has 0 aromatic rings. The standard InChI is InChI=1S/C10H7N3O/c14-9-3-1-2-8-7(9)4-6-5-11-13-10(6)12-8/h1-3,5,7H,4H2. The first-order valence-corrected chi connectivity index (χ1v) is 4.45. The number of azo groups is 1. The lowest BCUT2D eigenvalue weighted by atomic mass is 9.87. The normalized spacial score (nSPS) is 27.9. The van der Waals surface area contributed by atoms with Crippen molar-refractivity contribution in [1.82, 2.24) is 0 Å². The molecule has 3 rings (SSSR count). The largest absolute Gasteiger partial charge is 0.294 e. The highest BCUT2D eigenvalue weighted by Gasteiger charge is 2.31. The van der Waals surface area contributed by atoms with E-state index in [9.17, 15) is 4.79 Å². The van der Waals surface area contributed by atoms with Crippen LogP contribution in [0.3, 0.4) is 0 Å². The van der Waals surface area contributed by atoms with E-state index in [-0.39, 0.29) is 11.7 Å². The Bertz CT molecular complexity index is 466. The Labute approximate surface area is 80.4 Å². The third kappa shape index (κ3) is 0.937. The fourth-order valence-electron chi connectivity index (χ4n) is 1.80. The molecule has 0 aromatic carbocycles. The lowest BCUT2D eigenvalue weighted by Crippen LogP contribution is -2.22. The van der Waals surface area contributed by atoms with Gasteiger partial charge in [0, 0.05) is 5.57 Å². The van der Waals surface area contributed by atoms with E-state index < -0.39 is 0 Å². The molecule has 0 saturated carbocycles. The Morgan fingerprint density at radius 2 is 2.36 bits per heavy atom. The molecule has 2 aliphatic heterocycles. The average molecular weight is 185 g/mol. The van der Waals surface area contributed by atoms with Gasteiger partial charge in [0.15, 0.2) is 11.6 Å². The van der Waals surface area contributed by atoms with E-state index in [2.05, 4.69) is 15.2 Å². The predicted octanol–water partition coefficient (Wildman–Crippen LogP) is 1.78.